The van der Waals surface area contributed by atoms with Crippen molar-refractivity contribution < 1.29 is 60.9 Å². The number of phosphoric ester groups is 1. The molecular weight excluding hydrogens is 960 g/mol. The minimum absolute atomic E-state index is 0.0788. The van der Waals surface area contributed by atoms with E-state index in [-0.39, 0.29) is 32.5 Å². The van der Waals surface area contributed by atoms with Gasteiger partial charge in [0.05, 0.1) is 25.6 Å². The fourth-order valence-corrected chi connectivity index (χ4v) is 8.68. The quantitative estimate of drug-likeness (QED) is 0.0154. The molecule has 1 saturated heterocycles. The Hall–Kier alpha value is -2.10. The number of nitrogens with one attached hydrogen (secondary N) is 1. The third-order valence-electron chi connectivity index (χ3n) is 10.7. The van der Waals surface area contributed by atoms with Gasteiger partial charge in [0, 0.05) is 13.2 Å². The molecule has 0 unspecified atom stereocenters. The summed E-state index contributed by atoms with van der Waals surface area (Å²) in [5.74, 6) is 0. The first kappa shape index (κ1) is 63.9. The van der Waals surface area contributed by atoms with Crippen LogP contribution in [-0.4, -0.2) is 99.0 Å². The molecule has 0 bridgehead atoms. The maximum Gasteiger partial charge on any atom is 0.508 e. The molecule has 1 aliphatic heterocycles. The number of alkyl halides is 3. The van der Waals surface area contributed by atoms with Crippen molar-refractivity contribution in [1.82, 2.24) is 5.32 Å². The van der Waals surface area contributed by atoms with E-state index in [1.54, 1.807) is 13.0 Å². The lowest BCUT2D eigenvalue weighted by molar-refractivity contribution is -0.261. The predicted molar refractivity (Wildman–Crippen MR) is 272 cm³/mol. The highest BCUT2D eigenvalue weighted by molar-refractivity contribution is 7.48. The van der Waals surface area contributed by atoms with Crippen LogP contribution in [0, 0.1) is 0 Å². The zero-order valence-corrected chi connectivity index (χ0v) is 44.5. The Morgan fingerprint density at radius 3 is 1.88 bits per heavy atom. The molecule has 1 rings (SSSR count). The second kappa shape index (κ2) is 41.5. The van der Waals surface area contributed by atoms with E-state index >= 15 is 0 Å². The molecule has 0 aromatic rings. The molecule has 0 spiro atoms. The van der Waals surface area contributed by atoms with E-state index in [9.17, 15) is 14.2 Å². The highest BCUT2D eigenvalue weighted by Gasteiger charge is 2.53. The molecular formula is C50H85Cl3NO13P. The van der Waals surface area contributed by atoms with Crippen molar-refractivity contribution in [2.45, 2.75) is 196 Å². The molecule has 1 aliphatic rings. The number of hydrogen-bond acceptors (Lipinski definition) is 13. The van der Waals surface area contributed by atoms with Gasteiger partial charge in [-0.25, -0.2) is 14.2 Å². The number of amides is 1. The molecule has 18 heteroatoms. The van der Waals surface area contributed by atoms with Crippen molar-refractivity contribution >= 4 is 54.9 Å². The number of unbranched alkanes of at least 4 members (excludes halogenated alkanes) is 16. The molecule has 394 valence electrons. The SMILES string of the molecule is C=CCOC(=O)OC[C@H]1O[C@@H](OC=CC)[C@H](NC(=O)OCC(Cl)(Cl)Cl)[C@@H](OCC[C@@H](CCCCCCCCCCC)OCCCCCC/C=C\CCCCCC)[C@@H]1OP(=O)(OCC=C)OCC=C. The number of hydrogen-bond donors (Lipinski definition) is 1. The second-order valence-corrected chi connectivity index (χ2v) is 20.8. The van der Waals surface area contributed by atoms with Crippen LogP contribution in [0.5, 0.6) is 0 Å². The van der Waals surface area contributed by atoms with Gasteiger partial charge in [0.2, 0.25) is 10.1 Å². The molecule has 0 aromatic carbocycles. The summed E-state index contributed by atoms with van der Waals surface area (Å²) >= 11 is 17.7. The van der Waals surface area contributed by atoms with Gasteiger partial charge >= 0.3 is 20.1 Å². The monoisotopic (exact) mass is 1040 g/mol. The Morgan fingerprint density at radius 2 is 1.29 bits per heavy atom. The van der Waals surface area contributed by atoms with E-state index in [4.69, 9.17) is 81.5 Å². The van der Waals surface area contributed by atoms with Crippen LogP contribution in [0.15, 0.2) is 62.5 Å². The molecule has 1 amide bonds. The van der Waals surface area contributed by atoms with Crippen LogP contribution in [-0.2, 0) is 51.3 Å². The summed E-state index contributed by atoms with van der Waals surface area (Å²) in [5.41, 5.74) is 0. The summed E-state index contributed by atoms with van der Waals surface area (Å²) in [4.78, 5) is 25.9. The van der Waals surface area contributed by atoms with Crippen molar-refractivity contribution in [1.29, 1.82) is 0 Å². The third kappa shape index (κ3) is 32.7. The lowest BCUT2D eigenvalue weighted by Crippen LogP contribution is -2.66. The van der Waals surface area contributed by atoms with Gasteiger partial charge in [-0.1, -0.05) is 182 Å². The van der Waals surface area contributed by atoms with Crippen molar-refractivity contribution in [3.05, 3.63) is 62.5 Å². The van der Waals surface area contributed by atoms with Crippen molar-refractivity contribution in [3.63, 3.8) is 0 Å². The number of carbonyl (C=O) groups is 2. The Bertz CT molecular complexity index is 1420. The topological polar surface area (TPSA) is 156 Å². The normalized spacial score (nSPS) is 19.2. The average Bonchev–Trinajstić information content (AvgIpc) is 3.31. The van der Waals surface area contributed by atoms with E-state index in [1.807, 2.05) is 0 Å². The smallest absolute Gasteiger partial charge is 0.471 e. The van der Waals surface area contributed by atoms with Gasteiger partial charge in [-0.2, -0.15) is 0 Å². The Kier molecular flexibility index (Phi) is 39.0. The molecule has 6 atom stereocenters. The molecule has 14 nitrogen and oxygen atoms in total. The van der Waals surface area contributed by atoms with Crippen LogP contribution < -0.4 is 5.32 Å². The van der Waals surface area contributed by atoms with Crippen LogP contribution in [0.1, 0.15) is 156 Å². The first-order valence-electron chi connectivity index (χ1n) is 24.9. The summed E-state index contributed by atoms with van der Waals surface area (Å²) < 4.78 is 70.8. The van der Waals surface area contributed by atoms with Crippen molar-refractivity contribution in [2.24, 2.45) is 0 Å². The Labute approximate surface area is 424 Å². The number of phosphoric acid groups is 1. The standard InChI is InChI=1S/C50H85Cl3NO13P/c1-7-13-15-17-19-21-22-23-25-27-29-31-38-58-42(32-30-28-26-24-20-18-16-14-8-2)33-39-59-46-44(54-48(55)63-41-50(51,52)53)47(60-34-9-3)66-43(40-62-49(56)61-35-10-4)45(46)67-68(57,64-36-11-5)65-37-12-6/h9-12,21-22,34,42-47H,4-8,13-20,23-33,35-41H2,1-3H3,(H,54,55)/b22-21-,34-9?/t42-,43-,44-,45-,46-,47-/m1/s1. The van der Waals surface area contributed by atoms with Gasteiger partial charge in [0.25, 0.3) is 0 Å². The average molecular weight is 1050 g/mol. The minimum atomic E-state index is -4.49. The summed E-state index contributed by atoms with van der Waals surface area (Å²) in [7, 11) is -4.49. The number of ether oxygens (including phenoxy) is 7. The van der Waals surface area contributed by atoms with Crippen LogP contribution in [0.25, 0.3) is 0 Å². The minimum Gasteiger partial charge on any atom is -0.471 e. The van der Waals surface area contributed by atoms with Gasteiger partial charge in [0.1, 0.15) is 44.2 Å². The molecule has 0 aliphatic carbocycles. The third-order valence-corrected chi connectivity index (χ3v) is 12.4. The lowest BCUT2D eigenvalue weighted by Gasteiger charge is -2.45. The fourth-order valence-electron chi connectivity index (χ4n) is 7.19. The summed E-state index contributed by atoms with van der Waals surface area (Å²) in [5, 5.41) is 2.70. The number of rotatable bonds is 43. The molecule has 1 fully saturated rings. The zero-order valence-electron chi connectivity index (χ0n) is 41.3. The Balaban J connectivity index is 3.44. The predicted octanol–water partition coefficient (Wildman–Crippen LogP) is 14.5. The van der Waals surface area contributed by atoms with E-state index in [0.29, 0.717) is 13.0 Å². The summed E-state index contributed by atoms with van der Waals surface area (Å²) in [6.45, 7) is 16.0. The van der Waals surface area contributed by atoms with E-state index in [2.05, 4.69) is 51.1 Å². The highest BCUT2D eigenvalue weighted by atomic mass is 35.6. The van der Waals surface area contributed by atoms with Gasteiger partial charge in [-0.3, -0.25) is 13.6 Å². The number of carbonyl (C=O) groups excluding carboxylic acids is 2. The fraction of sp³-hybridized carbons (Fsp3) is 0.760. The van der Waals surface area contributed by atoms with Crippen molar-refractivity contribution in [2.75, 3.05) is 46.2 Å². The van der Waals surface area contributed by atoms with Crippen LogP contribution in [0.3, 0.4) is 0 Å². The van der Waals surface area contributed by atoms with Gasteiger partial charge in [-0.05, 0) is 51.9 Å². The van der Waals surface area contributed by atoms with Gasteiger partial charge < -0.3 is 38.5 Å². The summed E-state index contributed by atoms with van der Waals surface area (Å²) in [6, 6.07) is -1.25. The lowest BCUT2D eigenvalue weighted by atomic mass is 9.96. The number of halogens is 3. The first-order chi connectivity index (χ1) is 32.9. The zero-order chi connectivity index (χ0) is 50.1. The van der Waals surface area contributed by atoms with Gasteiger partial charge in [0.15, 0.2) is 0 Å². The van der Waals surface area contributed by atoms with Crippen LogP contribution >= 0.6 is 42.6 Å². The largest absolute Gasteiger partial charge is 0.508 e. The molecule has 1 N–H and O–H groups in total. The van der Waals surface area contributed by atoms with Crippen LogP contribution in [0.2, 0.25) is 0 Å². The van der Waals surface area contributed by atoms with Crippen LogP contribution in [0.4, 0.5) is 9.59 Å². The van der Waals surface area contributed by atoms with Crippen molar-refractivity contribution in [3.8, 4) is 0 Å². The van der Waals surface area contributed by atoms with Gasteiger partial charge in [-0.15, -0.1) is 13.2 Å². The van der Waals surface area contributed by atoms with E-state index in [0.717, 1.165) is 64.2 Å². The van der Waals surface area contributed by atoms with E-state index in [1.165, 1.54) is 88.7 Å². The molecule has 0 radical (unpaired) electrons. The number of alkyl carbamates (subject to hydrolysis) is 1. The molecule has 68 heavy (non-hydrogen) atoms. The van der Waals surface area contributed by atoms with E-state index < -0.39 is 67.7 Å². The highest BCUT2D eigenvalue weighted by Crippen LogP contribution is 2.52. The molecule has 0 aromatic heterocycles. The molecule has 0 saturated carbocycles. The Morgan fingerprint density at radius 1 is 0.721 bits per heavy atom. The maximum absolute atomic E-state index is 14.3. The maximum atomic E-state index is 14.3. The molecule has 1 heterocycles. The number of allylic oxidation sites excluding steroid dienone is 3. The summed E-state index contributed by atoms with van der Waals surface area (Å²) in [6.07, 6.45) is 27.8. The second-order valence-electron chi connectivity index (χ2n) is 16.6. The first-order valence-corrected chi connectivity index (χ1v) is 27.5.